The smallest absolute Gasteiger partial charge is 0.183 e. The fourth-order valence-corrected chi connectivity index (χ4v) is 2.14. The van der Waals surface area contributed by atoms with Crippen molar-refractivity contribution in [1.82, 2.24) is 4.98 Å². The van der Waals surface area contributed by atoms with Crippen LogP contribution in [0.15, 0.2) is 6.20 Å². The van der Waals surface area contributed by atoms with E-state index in [0.717, 1.165) is 5.33 Å². The van der Waals surface area contributed by atoms with Gasteiger partial charge in [-0.3, -0.25) is 0 Å². The van der Waals surface area contributed by atoms with Crippen molar-refractivity contribution in [2.45, 2.75) is 12.8 Å². The van der Waals surface area contributed by atoms with E-state index in [4.69, 9.17) is 11.6 Å². The summed E-state index contributed by atoms with van der Waals surface area (Å²) < 4.78 is 0.628. The largest absolute Gasteiger partial charge is 0.233 e. The van der Waals surface area contributed by atoms with Crippen LogP contribution in [0.2, 0.25) is 4.47 Å². The molecule has 0 bridgehead atoms. The first kappa shape index (κ1) is 8.50. The Hall–Kier alpha value is 0.400. The van der Waals surface area contributed by atoms with Gasteiger partial charge in [0.15, 0.2) is 4.47 Å². The Kier molecular flexibility index (Phi) is 3.14. The summed E-state index contributed by atoms with van der Waals surface area (Å²) in [4.78, 5) is 5.19. The lowest BCUT2D eigenvalue weighted by Gasteiger charge is -2.00. The highest BCUT2D eigenvalue weighted by atomic mass is 79.9. The fraction of sp³-hybridized carbons (Fsp3) is 0.500. The summed E-state index contributed by atoms with van der Waals surface area (Å²) in [6.45, 7) is 2.14. The van der Waals surface area contributed by atoms with E-state index in [0.29, 0.717) is 10.4 Å². The standard InChI is InChI=1S/C6H7BrClNS/c1-4(2-7)5-3-9-6(8)10-5/h3-4H,2H2,1H3. The van der Waals surface area contributed by atoms with Crippen LogP contribution < -0.4 is 0 Å². The maximum absolute atomic E-state index is 5.65. The van der Waals surface area contributed by atoms with E-state index in [-0.39, 0.29) is 0 Å². The fourth-order valence-electron chi connectivity index (χ4n) is 0.568. The molecule has 0 amide bonds. The van der Waals surface area contributed by atoms with Crippen LogP contribution in [0.5, 0.6) is 0 Å². The maximum Gasteiger partial charge on any atom is 0.183 e. The number of thiazole rings is 1. The third-order valence-corrected chi connectivity index (χ3v) is 3.53. The number of halogens is 2. The second-order valence-electron chi connectivity index (χ2n) is 2.07. The zero-order chi connectivity index (χ0) is 7.56. The van der Waals surface area contributed by atoms with Gasteiger partial charge in [-0.1, -0.05) is 34.5 Å². The van der Waals surface area contributed by atoms with E-state index in [1.165, 1.54) is 4.88 Å². The Balaban J connectivity index is 2.74. The lowest BCUT2D eigenvalue weighted by atomic mass is 10.2. The summed E-state index contributed by atoms with van der Waals surface area (Å²) in [5, 5.41) is 0.964. The van der Waals surface area contributed by atoms with E-state index in [2.05, 4.69) is 27.8 Å². The summed E-state index contributed by atoms with van der Waals surface area (Å²) >= 11 is 10.6. The first-order chi connectivity index (χ1) is 4.74. The Morgan fingerprint density at radius 1 is 1.90 bits per heavy atom. The second kappa shape index (κ2) is 3.69. The number of rotatable bonds is 2. The molecular weight excluding hydrogens is 233 g/mol. The molecule has 0 aromatic carbocycles. The molecule has 0 aliphatic heterocycles. The molecule has 0 aliphatic carbocycles. The van der Waals surface area contributed by atoms with Gasteiger partial charge in [0.25, 0.3) is 0 Å². The maximum atomic E-state index is 5.65. The van der Waals surface area contributed by atoms with Crippen LogP contribution in [0.3, 0.4) is 0 Å². The van der Waals surface area contributed by atoms with Crippen molar-refractivity contribution in [2.75, 3.05) is 5.33 Å². The molecule has 1 rings (SSSR count). The zero-order valence-corrected chi connectivity index (χ0v) is 8.63. The van der Waals surface area contributed by atoms with Gasteiger partial charge in [-0.25, -0.2) is 4.98 Å². The Morgan fingerprint density at radius 2 is 2.60 bits per heavy atom. The molecule has 1 unspecified atom stereocenters. The van der Waals surface area contributed by atoms with Crippen molar-refractivity contribution in [3.05, 3.63) is 15.5 Å². The number of hydrogen-bond donors (Lipinski definition) is 0. The summed E-state index contributed by atoms with van der Waals surface area (Å²) in [7, 11) is 0. The van der Waals surface area contributed by atoms with Crippen LogP contribution in [0, 0.1) is 0 Å². The first-order valence-electron chi connectivity index (χ1n) is 2.91. The van der Waals surface area contributed by atoms with Crippen LogP contribution >= 0.6 is 38.9 Å². The molecule has 0 aliphatic rings. The lowest BCUT2D eigenvalue weighted by molar-refractivity contribution is 0.907. The third-order valence-electron chi connectivity index (χ3n) is 1.21. The Morgan fingerprint density at radius 3 is 3.00 bits per heavy atom. The van der Waals surface area contributed by atoms with E-state index >= 15 is 0 Å². The molecule has 0 fully saturated rings. The molecule has 0 saturated heterocycles. The normalized spacial score (nSPS) is 13.5. The van der Waals surface area contributed by atoms with E-state index < -0.39 is 0 Å². The van der Waals surface area contributed by atoms with Crippen molar-refractivity contribution < 1.29 is 0 Å². The summed E-state index contributed by atoms with van der Waals surface area (Å²) in [6, 6.07) is 0. The van der Waals surface area contributed by atoms with Crippen molar-refractivity contribution in [3.63, 3.8) is 0 Å². The molecule has 0 saturated carbocycles. The zero-order valence-electron chi connectivity index (χ0n) is 5.47. The van der Waals surface area contributed by atoms with Gasteiger partial charge in [-0.2, -0.15) is 0 Å². The molecule has 0 N–H and O–H groups in total. The molecule has 1 atom stereocenters. The first-order valence-corrected chi connectivity index (χ1v) is 5.23. The van der Waals surface area contributed by atoms with Crippen molar-refractivity contribution in [1.29, 1.82) is 0 Å². The summed E-state index contributed by atoms with van der Waals surface area (Å²) in [5.41, 5.74) is 0. The molecule has 10 heavy (non-hydrogen) atoms. The molecule has 4 heteroatoms. The monoisotopic (exact) mass is 239 g/mol. The molecule has 1 nitrogen and oxygen atoms in total. The predicted octanol–water partition coefficient (Wildman–Crippen LogP) is 3.29. The quantitative estimate of drug-likeness (QED) is 0.723. The minimum absolute atomic E-state index is 0.519. The van der Waals surface area contributed by atoms with Crippen LogP contribution in [0.25, 0.3) is 0 Å². The second-order valence-corrected chi connectivity index (χ2v) is 4.36. The van der Waals surface area contributed by atoms with Crippen molar-refractivity contribution in [3.8, 4) is 0 Å². The van der Waals surface area contributed by atoms with Gasteiger partial charge in [0, 0.05) is 22.3 Å². The number of nitrogens with zero attached hydrogens (tertiary/aromatic N) is 1. The SMILES string of the molecule is CC(CBr)c1cnc(Cl)s1. The van der Waals surface area contributed by atoms with E-state index in [1.54, 1.807) is 11.3 Å². The van der Waals surface area contributed by atoms with E-state index in [9.17, 15) is 0 Å². The van der Waals surface area contributed by atoms with Gasteiger partial charge in [-0.05, 0) is 0 Å². The highest BCUT2D eigenvalue weighted by molar-refractivity contribution is 9.09. The summed E-state index contributed by atoms with van der Waals surface area (Å²) in [5.74, 6) is 0.519. The van der Waals surface area contributed by atoms with Gasteiger partial charge in [0.2, 0.25) is 0 Å². The highest BCUT2D eigenvalue weighted by Gasteiger charge is 2.06. The number of hydrogen-bond acceptors (Lipinski definition) is 2. The summed E-state index contributed by atoms with van der Waals surface area (Å²) in [6.07, 6.45) is 1.83. The number of alkyl halides is 1. The number of aromatic nitrogens is 1. The molecule has 0 radical (unpaired) electrons. The predicted molar refractivity (Wildman–Crippen MR) is 49.3 cm³/mol. The Bertz CT molecular complexity index is 213. The average Bonchev–Trinajstić information content (AvgIpc) is 2.34. The highest BCUT2D eigenvalue weighted by Crippen LogP contribution is 2.26. The minimum atomic E-state index is 0.519. The Labute approximate surface area is 77.6 Å². The van der Waals surface area contributed by atoms with Crippen LogP contribution in [0.4, 0.5) is 0 Å². The van der Waals surface area contributed by atoms with Crippen molar-refractivity contribution in [2.24, 2.45) is 0 Å². The van der Waals surface area contributed by atoms with Crippen molar-refractivity contribution >= 4 is 38.9 Å². The third kappa shape index (κ3) is 1.94. The van der Waals surface area contributed by atoms with Gasteiger partial charge in [-0.15, -0.1) is 11.3 Å². The van der Waals surface area contributed by atoms with Gasteiger partial charge < -0.3 is 0 Å². The van der Waals surface area contributed by atoms with Gasteiger partial charge in [0.05, 0.1) is 0 Å². The molecule has 56 valence electrons. The molecule has 1 heterocycles. The van der Waals surface area contributed by atoms with Gasteiger partial charge >= 0.3 is 0 Å². The van der Waals surface area contributed by atoms with Crippen LogP contribution in [0.1, 0.15) is 17.7 Å². The van der Waals surface area contributed by atoms with E-state index in [1.807, 2.05) is 6.20 Å². The van der Waals surface area contributed by atoms with Gasteiger partial charge in [0.1, 0.15) is 0 Å². The lowest BCUT2D eigenvalue weighted by Crippen LogP contribution is -1.88. The van der Waals surface area contributed by atoms with Crippen LogP contribution in [-0.4, -0.2) is 10.3 Å². The molecule has 0 spiro atoms. The van der Waals surface area contributed by atoms with Crippen LogP contribution in [-0.2, 0) is 0 Å². The topological polar surface area (TPSA) is 12.9 Å². The molecule has 1 aromatic heterocycles. The molecular formula is C6H7BrClNS. The molecule has 1 aromatic rings. The minimum Gasteiger partial charge on any atom is -0.233 e. The average molecular weight is 241 g/mol.